The molecule has 3 heteroatoms. The number of hydrogen-bond acceptors (Lipinski definition) is 3. The zero-order chi connectivity index (χ0) is 9.52. The minimum atomic E-state index is -0.122. The van der Waals surface area contributed by atoms with E-state index in [1.165, 1.54) is 26.1 Å². The van der Waals surface area contributed by atoms with Crippen LogP contribution in [0.3, 0.4) is 0 Å². The van der Waals surface area contributed by atoms with Gasteiger partial charge in [0.05, 0.1) is 6.10 Å². The van der Waals surface area contributed by atoms with Gasteiger partial charge in [-0.25, -0.2) is 0 Å². The van der Waals surface area contributed by atoms with Crippen molar-refractivity contribution in [2.24, 2.45) is 0 Å². The number of rotatable bonds is 5. The van der Waals surface area contributed by atoms with Crippen LogP contribution in [0.5, 0.6) is 0 Å². The summed E-state index contributed by atoms with van der Waals surface area (Å²) in [7, 11) is 0. The van der Waals surface area contributed by atoms with Crippen molar-refractivity contribution in [1.82, 2.24) is 10.2 Å². The Morgan fingerprint density at radius 2 is 2.00 bits per heavy atom. The van der Waals surface area contributed by atoms with Gasteiger partial charge in [-0.3, -0.25) is 0 Å². The van der Waals surface area contributed by atoms with Crippen LogP contribution in [0.15, 0.2) is 0 Å². The minimum Gasteiger partial charge on any atom is -0.393 e. The molecule has 3 nitrogen and oxygen atoms in total. The average Bonchev–Trinajstić information content (AvgIpc) is 2.14. The van der Waals surface area contributed by atoms with Crippen molar-refractivity contribution in [3.8, 4) is 0 Å². The van der Waals surface area contributed by atoms with E-state index in [0.29, 0.717) is 0 Å². The van der Waals surface area contributed by atoms with Gasteiger partial charge in [-0.15, -0.1) is 0 Å². The summed E-state index contributed by atoms with van der Waals surface area (Å²) in [6.07, 6.45) is 3.21. The first-order valence-corrected chi connectivity index (χ1v) is 5.40. The van der Waals surface area contributed by atoms with Gasteiger partial charge in [-0.2, -0.15) is 0 Å². The molecule has 1 saturated heterocycles. The van der Waals surface area contributed by atoms with E-state index in [2.05, 4.69) is 10.2 Å². The van der Waals surface area contributed by atoms with Gasteiger partial charge in [0.1, 0.15) is 0 Å². The van der Waals surface area contributed by atoms with Crippen molar-refractivity contribution in [1.29, 1.82) is 0 Å². The summed E-state index contributed by atoms with van der Waals surface area (Å²) in [6.45, 7) is 7.72. The predicted octanol–water partition coefficient (Wildman–Crippen LogP) is 0.443. The molecule has 2 N–H and O–H groups in total. The van der Waals surface area contributed by atoms with Crippen LogP contribution in [0.1, 0.15) is 26.2 Å². The molecule has 0 aromatic carbocycles. The molecule has 78 valence electrons. The third-order valence-electron chi connectivity index (χ3n) is 2.56. The molecule has 13 heavy (non-hydrogen) atoms. The fraction of sp³-hybridized carbons (Fsp3) is 1.00. The summed E-state index contributed by atoms with van der Waals surface area (Å²) in [5, 5.41) is 12.4. The second-order valence-corrected chi connectivity index (χ2v) is 3.94. The summed E-state index contributed by atoms with van der Waals surface area (Å²) in [5.74, 6) is 0. The second-order valence-electron chi connectivity index (χ2n) is 3.94. The van der Waals surface area contributed by atoms with Crippen molar-refractivity contribution < 1.29 is 5.11 Å². The highest BCUT2D eigenvalue weighted by Gasteiger charge is 2.08. The first-order chi connectivity index (χ1) is 6.29. The van der Waals surface area contributed by atoms with Crippen LogP contribution in [0.4, 0.5) is 0 Å². The molecular formula is C10H22N2O. The Bertz CT molecular complexity index is 122. The third-order valence-corrected chi connectivity index (χ3v) is 2.56. The standard InChI is InChI=1S/C10H22N2O/c1-10(13)4-2-3-7-12-8-5-11-6-9-12/h10-11,13H,2-9H2,1H3. The quantitative estimate of drug-likeness (QED) is 0.612. The highest BCUT2D eigenvalue weighted by atomic mass is 16.3. The van der Waals surface area contributed by atoms with Gasteiger partial charge in [-0.1, -0.05) is 0 Å². The number of hydrogen-bond donors (Lipinski definition) is 2. The highest BCUT2D eigenvalue weighted by Crippen LogP contribution is 2.02. The molecule has 0 aromatic rings. The summed E-state index contributed by atoms with van der Waals surface area (Å²) >= 11 is 0. The lowest BCUT2D eigenvalue weighted by Crippen LogP contribution is -2.43. The maximum absolute atomic E-state index is 9.07. The van der Waals surface area contributed by atoms with Crippen LogP contribution in [0, 0.1) is 0 Å². The lowest BCUT2D eigenvalue weighted by atomic mass is 10.1. The molecule has 0 spiro atoms. The fourth-order valence-electron chi connectivity index (χ4n) is 1.71. The predicted molar refractivity (Wildman–Crippen MR) is 54.8 cm³/mol. The van der Waals surface area contributed by atoms with Crippen LogP contribution in [0.25, 0.3) is 0 Å². The molecule has 0 aromatic heterocycles. The smallest absolute Gasteiger partial charge is 0.0512 e. The Hall–Kier alpha value is -0.120. The SMILES string of the molecule is CC(O)CCCCN1CCNCC1. The molecule has 1 unspecified atom stereocenters. The molecule has 1 aliphatic heterocycles. The maximum atomic E-state index is 9.07. The Balaban J connectivity index is 1.92. The van der Waals surface area contributed by atoms with E-state index in [9.17, 15) is 0 Å². The summed E-state index contributed by atoms with van der Waals surface area (Å²) in [5.41, 5.74) is 0. The highest BCUT2D eigenvalue weighted by molar-refractivity contribution is 4.67. The molecule has 1 rings (SSSR count). The largest absolute Gasteiger partial charge is 0.393 e. The number of nitrogens with one attached hydrogen (secondary N) is 1. The minimum absolute atomic E-state index is 0.122. The van der Waals surface area contributed by atoms with E-state index >= 15 is 0 Å². The van der Waals surface area contributed by atoms with E-state index in [1.54, 1.807) is 0 Å². The maximum Gasteiger partial charge on any atom is 0.0512 e. The zero-order valence-corrected chi connectivity index (χ0v) is 8.63. The number of aliphatic hydroxyl groups excluding tert-OH is 1. The monoisotopic (exact) mass is 186 g/mol. The number of piperazine rings is 1. The van der Waals surface area contributed by atoms with E-state index in [4.69, 9.17) is 5.11 Å². The van der Waals surface area contributed by atoms with Gasteiger partial charge < -0.3 is 15.3 Å². The van der Waals surface area contributed by atoms with Gasteiger partial charge in [-0.05, 0) is 32.7 Å². The third kappa shape index (κ3) is 5.24. The van der Waals surface area contributed by atoms with Crippen LogP contribution >= 0.6 is 0 Å². The topological polar surface area (TPSA) is 35.5 Å². The molecule has 0 radical (unpaired) electrons. The molecular weight excluding hydrogens is 164 g/mol. The Kier molecular flexibility index (Phi) is 5.35. The lowest BCUT2D eigenvalue weighted by molar-refractivity contribution is 0.175. The van der Waals surface area contributed by atoms with E-state index < -0.39 is 0 Å². The molecule has 1 atom stereocenters. The number of aliphatic hydroxyl groups is 1. The normalized spacial score (nSPS) is 21.7. The van der Waals surface area contributed by atoms with E-state index in [-0.39, 0.29) is 6.10 Å². The van der Waals surface area contributed by atoms with Gasteiger partial charge in [0.25, 0.3) is 0 Å². The van der Waals surface area contributed by atoms with Crippen molar-refractivity contribution in [3.05, 3.63) is 0 Å². The van der Waals surface area contributed by atoms with Gasteiger partial charge in [0.2, 0.25) is 0 Å². The Morgan fingerprint density at radius 3 is 2.62 bits per heavy atom. The first-order valence-electron chi connectivity index (χ1n) is 5.40. The molecule has 0 aliphatic carbocycles. The van der Waals surface area contributed by atoms with E-state index in [0.717, 1.165) is 25.9 Å². The molecule has 1 heterocycles. The van der Waals surface area contributed by atoms with Crippen LogP contribution < -0.4 is 5.32 Å². The van der Waals surface area contributed by atoms with Crippen LogP contribution in [-0.2, 0) is 0 Å². The summed E-state index contributed by atoms with van der Waals surface area (Å²) in [4.78, 5) is 2.50. The number of unbranched alkanes of at least 4 members (excludes halogenated alkanes) is 1. The molecule has 0 saturated carbocycles. The Labute approximate surface area is 81.1 Å². The van der Waals surface area contributed by atoms with Gasteiger partial charge in [0, 0.05) is 26.2 Å². The molecule has 1 aliphatic rings. The molecule has 0 bridgehead atoms. The Morgan fingerprint density at radius 1 is 1.31 bits per heavy atom. The van der Waals surface area contributed by atoms with Crippen LogP contribution in [-0.4, -0.2) is 48.8 Å². The van der Waals surface area contributed by atoms with Gasteiger partial charge in [0.15, 0.2) is 0 Å². The zero-order valence-electron chi connectivity index (χ0n) is 8.63. The second kappa shape index (κ2) is 6.35. The molecule has 1 fully saturated rings. The van der Waals surface area contributed by atoms with Crippen molar-refractivity contribution in [2.75, 3.05) is 32.7 Å². The summed E-state index contributed by atoms with van der Waals surface area (Å²) < 4.78 is 0. The molecule has 0 amide bonds. The average molecular weight is 186 g/mol. The van der Waals surface area contributed by atoms with E-state index in [1.807, 2.05) is 6.92 Å². The lowest BCUT2D eigenvalue weighted by Gasteiger charge is -2.27. The first kappa shape index (κ1) is 11.0. The summed E-state index contributed by atoms with van der Waals surface area (Å²) in [6, 6.07) is 0. The van der Waals surface area contributed by atoms with Crippen molar-refractivity contribution in [2.45, 2.75) is 32.3 Å². The fourth-order valence-corrected chi connectivity index (χ4v) is 1.71. The van der Waals surface area contributed by atoms with Crippen LogP contribution in [0.2, 0.25) is 0 Å². The van der Waals surface area contributed by atoms with Gasteiger partial charge >= 0.3 is 0 Å². The van der Waals surface area contributed by atoms with Crippen molar-refractivity contribution in [3.63, 3.8) is 0 Å². The number of nitrogens with zero attached hydrogens (tertiary/aromatic N) is 1. The van der Waals surface area contributed by atoms with Crippen molar-refractivity contribution >= 4 is 0 Å².